The minimum absolute atomic E-state index is 0.243. The van der Waals surface area contributed by atoms with Gasteiger partial charge in [-0.1, -0.05) is 30.7 Å². The first-order valence-corrected chi connectivity index (χ1v) is 7.16. The van der Waals surface area contributed by atoms with E-state index < -0.39 is 5.60 Å². The first-order valence-electron chi connectivity index (χ1n) is 7.16. The normalized spacial score (nSPS) is 31.8. The van der Waals surface area contributed by atoms with Gasteiger partial charge in [0.1, 0.15) is 0 Å². The van der Waals surface area contributed by atoms with E-state index in [1.807, 2.05) is 6.92 Å². The molecule has 0 aromatic heterocycles. The Morgan fingerprint density at radius 3 is 2.72 bits per heavy atom. The molecule has 18 heavy (non-hydrogen) atoms. The van der Waals surface area contributed by atoms with Crippen LogP contribution in [0.2, 0.25) is 0 Å². The lowest BCUT2D eigenvalue weighted by molar-refractivity contribution is -0.142. The number of benzene rings is 1. The van der Waals surface area contributed by atoms with Gasteiger partial charge in [0.2, 0.25) is 0 Å². The standard InChI is InChI=1S/C16H22O2/c1-2-18-15-10-16(17,11-15)14-8-4-7-13(9-14)12-5-3-6-12/h4,7-9,12,15,17H,2-3,5-6,10-11H2,1H3. The second-order valence-electron chi connectivity index (χ2n) is 5.77. The van der Waals surface area contributed by atoms with Crippen LogP contribution < -0.4 is 0 Å². The zero-order chi connectivity index (χ0) is 12.6. The highest BCUT2D eigenvalue weighted by atomic mass is 16.5. The Morgan fingerprint density at radius 1 is 1.33 bits per heavy atom. The first-order chi connectivity index (χ1) is 8.71. The number of ether oxygens (including phenoxy) is 1. The first kappa shape index (κ1) is 12.2. The lowest BCUT2D eigenvalue weighted by Gasteiger charge is -2.44. The molecular formula is C16H22O2. The van der Waals surface area contributed by atoms with E-state index in [2.05, 4.69) is 24.3 Å². The van der Waals surface area contributed by atoms with Gasteiger partial charge in [-0.25, -0.2) is 0 Å². The number of hydrogen-bond donors (Lipinski definition) is 1. The molecule has 0 unspecified atom stereocenters. The molecule has 1 aromatic carbocycles. The van der Waals surface area contributed by atoms with E-state index in [1.54, 1.807) is 0 Å². The van der Waals surface area contributed by atoms with Gasteiger partial charge in [0, 0.05) is 19.4 Å². The Labute approximate surface area is 109 Å². The van der Waals surface area contributed by atoms with Crippen LogP contribution in [0.25, 0.3) is 0 Å². The van der Waals surface area contributed by atoms with Crippen LogP contribution in [-0.2, 0) is 10.3 Å². The van der Waals surface area contributed by atoms with Gasteiger partial charge < -0.3 is 9.84 Å². The fraction of sp³-hybridized carbons (Fsp3) is 0.625. The summed E-state index contributed by atoms with van der Waals surface area (Å²) in [6, 6.07) is 8.57. The van der Waals surface area contributed by atoms with Gasteiger partial charge in [-0.15, -0.1) is 0 Å². The zero-order valence-corrected chi connectivity index (χ0v) is 11.1. The molecule has 1 N–H and O–H groups in total. The van der Waals surface area contributed by atoms with Crippen LogP contribution in [0, 0.1) is 0 Å². The zero-order valence-electron chi connectivity index (χ0n) is 11.1. The Morgan fingerprint density at radius 2 is 2.11 bits per heavy atom. The van der Waals surface area contributed by atoms with E-state index in [4.69, 9.17) is 4.74 Å². The minimum Gasteiger partial charge on any atom is -0.385 e. The smallest absolute Gasteiger partial charge is 0.0946 e. The van der Waals surface area contributed by atoms with E-state index in [9.17, 15) is 5.11 Å². The quantitative estimate of drug-likeness (QED) is 0.883. The van der Waals surface area contributed by atoms with Crippen LogP contribution in [0.1, 0.15) is 56.1 Å². The molecule has 2 fully saturated rings. The Balaban J connectivity index is 1.72. The molecule has 2 aliphatic rings. The van der Waals surface area contributed by atoms with Crippen LogP contribution in [-0.4, -0.2) is 17.8 Å². The molecule has 0 spiro atoms. The maximum atomic E-state index is 10.6. The molecule has 0 atom stereocenters. The van der Waals surface area contributed by atoms with Crippen LogP contribution in [0.5, 0.6) is 0 Å². The van der Waals surface area contributed by atoms with Crippen molar-refractivity contribution in [3.8, 4) is 0 Å². The summed E-state index contributed by atoms with van der Waals surface area (Å²) in [6.07, 6.45) is 5.70. The summed E-state index contributed by atoms with van der Waals surface area (Å²) in [5.74, 6) is 0.733. The second kappa shape index (κ2) is 4.67. The highest BCUT2D eigenvalue weighted by molar-refractivity contribution is 5.33. The molecule has 0 bridgehead atoms. The van der Waals surface area contributed by atoms with Crippen LogP contribution >= 0.6 is 0 Å². The van der Waals surface area contributed by atoms with Gasteiger partial charge in [0.25, 0.3) is 0 Å². The largest absolute Gasteiger partial charge is 0.385 e. The predicted molar refractivity (Wildman–Crippen MR) is 71.6 cm³/mol. The van der Waals surface area contributed by atoms with Gasteiger partial charge in [-0.05, 0) is 36.8 Å². The summed E-state index contributed by atoms with van der Waals surface area (Å²) in [4.78, 5) is 0. The molecule has 2 nitrogen and oxygen atoms in total. The molecule has 2 heteroatoms. The summed E-state index contributed by atoms with van der Waals surface area (Å²) in [6.45, 7) is 2.75. The second-order valence-corrected chi connectivity index (χ2v) is 5.77. The van der Waals surface area contributed by atoms with Crippen molar-refractivity contribution in [2.24, 2.45) is 0 Å². The topological polar surface area (TPSA) is 29.5 Å². The SMILES string of the molecule is CCOC1CC(O)(c2cccc(C3CCC3)c2)C1. The van der Waals surface area contributed by atoms with E-state index in [1.165, 1.54) is 24.8 Å². The Kier molecular flexibility index (Phi) is 3.16. The predicted octanol–water partition coefficient (Wildman–Crippen LogP) is 3.34. The van der Waals surface area contributed by atoms with Crippen LogP contribution in [0.15, 0.2) is 24.3 Å². The number of rotatable bonds is 4. The molecule has 1 aromatic rings. The van der Waals surface area contributed by atoms with Crippen LogP contribution in [0.4, 0.5) is 0 Å². The third kappa shape index (κ3) is 2.08. The maximum Gasteiger partial charge on any atom is 0.0946 e. The molecule has 0 heterocycles. The van der Waals surface area contributed by atoms with E-state index in [0.717, 1.165) is 30.9 Å². The summed E-state index contributed by atoms with van der Waals surface area (Å²) in [5.41, 5.74) is 1.86. The molecular weight excluding hydrogens is 224 g/mol. The monoisotopic (exact) mass is 246 g/mol. The fourth-order valence-electron chi connectivity index (χ4n) is 3.11. The third-order valence-electron chi connectivity index (χ3n) is 4.53. The molecule has 0 amide bonds. The van der Waals surface area contributed by atoms with Crippen molar-refractivity contribution in [3.63, 3.8) is 0 Å². The molecule has 2 aliphatic carbocycles. The fourth-order valence-corrected chi connectivity index (χ4v) is 3.11. The van der Waals surface area contributed by atoms with Crippen LogP contribution in [0.3, 0.4) is 0 Å². The van der Waals surface area contributed by atoms with E-state index in [0.29, 0.717) is 0 Å². The molecule has 0 radical (unpaired) electrons. The van der Waals surface area contributed by atoms with Gasteiger partial charge >= 0.3 is 0 Å². The van der Waals surface area contributed by atoms with E-state index in [-0.39, 0.29) is 6.10 Å². The van der Waals surface area contributed by atoms with Crippen molar-refractivity contribution in [1.29, 1.82) is 0 Å². The summed E-state index contributed by atoms with van der Waals surface area (Å²) >= 11 is 0. The van der Waals surface area contributed by atoms with Crippen molar-refractivity contribution < 1.29 is 9.84 Å². The van der Waals surface area contributed by atoms with Gasteiger partial charge in [0.15, 0.2) is 0 Å². The Hall–Kier alpha value is -0.860. The molecule has 0 aliphatic heterocycles. The molecule has 2 saturated carbocycles. The average molecular weight is 246 g/mol. The summed E-state index contributed by atoms with van der Waals surface area (Å²) in [5, 5.41) is 10.6. The molecule has 0 saturated heterocycles. The van der Waals surface area contributed by atoms with Gasteiger partial charge in [0.05, 0.1) is 11.7 Å². The van der Waals surface area contributed by atoms with Crippen molar-refractivity contribution in [2.45, 2.75) is 56.7 Å². The lowest BCUT2D eigenvalue weighted by atomic mass is 9.71. The summed E-state index contributed by atoms with van der Waals surface area (Å²) < 4.78 is 5.54. The van der Waals surface area contributed by atoms with Crippen molar-refractivity contribution >= 4 is 0 Å². The van der Waals surface area contributed by atoms with Gasteiger partial charge in [-0.2, -0.15) is 0 Å². The van der Waals surface area contributed by atoms with Crippen molar-refractivity contribution in [3.05, 3.63) is 35.4 Å². The lowest BCUT2D eigenvalue weighted by Crippen LogP contribution is -2.45. The average Bonchev–Trinajstić information content (AvgIpc) is 2.25. The van der Waals surface area contributed by atoms with E-state index >= 15 is 0 Å². The van der Waals surface area contributed by atoms with Gasteiger partial charge in [-0.3, -0.25) is 0 Å². The summed E-state index contributed by atoms with van der Waals surface area (Å²) in [7, 11) is 0. The van der Waals surface area contributed by atoms with Crippen molar-refractivity contribution in [2.75, 3.05) is 6.61 Å². The maximum absolute atomic E-state index is 10.6. The third-order valence-corrected chi connectivity index (χ3v) is 4.53. The van der Waals surface area contributed by atoms with Crippen molar-refractivity contribution in [1.82, 2.24) is 0 Å². The molecule has 98 valence electrons. The molecule has 3 rings (SSSR count). The number of hydrogen-bond acceptors (Lipinski definition) is 2. The highest BCUT2D eigenvalue weighted by Gasteiger charge is 2.44. The minimum atomic E-state index is -0.639. The highest BCUT2D eigenvalue weighted by Crippen LogP contribution is 2.44. The number of aliphatic hydroxyl groups is 1. The Bertz CT molecular complexity index is 417.